The van der Waals surface area contributed by atoms with Gasteiger partial charge < -0.3 is 19.9 Å². The van der Waals surface area contributed by atoms with Crippen LogP contribution in [0.3, 0.4) is 0 Å². The molecule has 27 heavy (non-hydrogen) atoms. The molecule has 2 N–H and O–H groups in total. The molecule has 0 saturated heterocycles. The molecule has 0 aromatic heterocycles. The molecule has 0 bridgehead atoms. The maximum atomic E-state index is 14.2. The number of methoxy groups -OCH3 is 1. The molecule has 0 spiro atoms. The zero-order chi connectivity index (χ0) is 19.9. The Morgan fingerprint density at radius 3 is 2.70 bits per heavy atom. The summed E-state index contributed by atoms with van der Waals surface area (Å²) >= 11 is 0. The molecule has 0 amide bonds. The van der Waals surface area contributed by atoms with E-state index in [0.29, 0.717) is 23.1 Å². The highest BCUT2D eigenvalue weighted by Crippen LogP contribution is 2.29. The molecule has 0 aliphatic heterocycles. The molecule has 0 aliphatic rings. The molecule has 7 heteroatoms. The molecule has 0 saturated carbocycles. The summed E-state index contributed by atoms with van der Waals surface area (Å²) in [5, 5.41) is 11.0. The van der Waals surface area contributed by atoms with Crippen LogP contribution in [-0.2, 0) is 0 Å². The molecule has 0 atom stereocenters. The molecular weight excluding hydrogens is 356 g/mol. The third kappa shape index (κ3) is 5.47. The Morgan fingerprint density at radius 2 is 2.04 bits per heavy atom. The fourth-order valence-electron chi connectivity index (χ4n) is 2.23. The lowest BCUT2D eigenvalue weighted by molar-refractivity contribution is 0.0695. The van der Waals surface area contributed by atoms with E-state index in [4.69, 9.17) is 21.0 Å². The number of para-hydroxylation sites is 1. The number of carboxylic acid groups (broad SMARTS) is 1. The van der Waals surface area contributed by atoms with Crippen LogP contribution in [0.25, 0.3) is 6.08 Å². The van der Waals surface area contributed by atoms with Gasteiger partial charge in [-0.3, -0.25) is 0 Å². The Bertz CT molecular complexity index is 888. The lowest BCUT2D eigenvalue weighted by Crippen LogP contribution is -2.25. The van der Waals surface area contributed by atoms with Crippen molar-refractivity contribution in [2.45, 2.75) is 6.05 Å². The second kappa shape index (κ2) is 8.72. The number of carbonyl (C=O) groups is 1. The molecule has 2 rings (SSSR count). The second-order valence-electron chi connectivity index (χ2n) is 5.34. The smallest absolute Gasteiger partial charge is 0.343 e. The number of benzene rings is 2. The molecule has 0 unspecified atom stereocenters. The van der Waals surface area contributed by atoms with Gasteiger partial charge in [0.15, 0.2) is 11.5 Å². The van der Waals surface area contributed by atoms with Gasteiger partial charge in [0.1, 0.15) is 6.61 Å². The molecule has 140 valence electrons. The van der Waals surface area contributed by atoms with E-state index in [1.807, 2.05) is 5.32 Å². The predicted octanol–water partition coefficient (Wildman–Crippen LogP) is 4.12. The number of hydrogen-bond acceptors (Lipinski definition) is 4. The van der Waals surface area contributed by atoms with Crippen molar-refractivity contribution in [3.8, 4) is 23.8 Å². The standard InChI is InChI=1S/C20H17F2NO4/c1-3-12-27-17-9-8-14(13-18(17)26-2)10-11-20(21,22)23-16-7-5-4-6-15(16)19(24)25/h1,4-11,13,23H,12H2,2H3,(H,24,25). The van der Waals surface area contributed by atoms with Crippen molar-refractivity contribution in [1.82, 2.24) is 0 Å². The average molecular weight is 373 g/mol. The summed E-state index contributed by atoms with van der Waals surface area (Å²) in [6.07, 6.45) is 6.94. The topological polar surface area (TPSA) is 67.8 Å². The average Bonchev–Trinajstić information content (AvgIpc) is 2.65. The third-order valence-electron chi connectivity index (χ3n) is 3.44. The van der Waals surface area contributed by atoms with Gasteiger partial charge in [-0.15, -0.1) is 6.42 Å². The van der Waals surface area contributed by atoms with E-state index < -0.39 is 12.0 Å². The highest BCUT2D eigenvalue weighted by Gasteiger charge is 2.26. The van der Waals surface area contributed by atoms with Crippen LogP contribution in [0, 0.1) is 12.3 Å². The minimum atomic E-state index is -3.47. The largest absolute Gasteiger partial charge is 0.493 e. The molecule has 2 aromatic carbocycles. The maximum absolute atomic E-state index is 14.2. The van der Waals surface area contributed by atoms with Gasteiger partial charge in [-0.25, -0.2) is 4.79 Å². The minimum absolute atomic E-state index is 0.0521. The number of alkyl halides is 2. The Morgan fingerprint density at radius 1 is 1.30 bits per heavy atom. The number of aromatic carboxylic acids is 1. The summed E-state index contributed by atoms with van der Waals surface area (Å²) in [7, 11) is 1.42. The Hall–Kier alpha value is -3.53. The molecule has 0 radical (unpaired) electrons. The first-order valence-corrected chi connectivity index (χ1v) is 7.78. The lowest BCUT2D eigenvalue weighted by atomic mass is 10.1. The molecule has 0 heterocycles. The van der Waals surface area contributed by atoms with Gasteiger partial charge in [0.25, 0.3) is 0 Å². The monoisotopic (exact) mass is 373 g/mol. The van der Waals surface area contributed by atoms with Crippen molar-refractivity contribution >= 4 is 17.7 Å². The molecular formula is C20H17F2NO4. The SMILES string of the molecule is C#CCOc1ccc(C=CC(F)(F)Nc2ccccc2C(=O)O)cc1OC. The number of nitrogens with one attached hydrogen (secondary N) is 1. The fraction of sp³-hybridized carbons (Fsp3) is 0.150. The first kappa shape index (κ1) is 19.8. The van der Waals surface area contributed by atoms with E-state index in [1.54, 1.807) is 12.1 Å². The quantitative estimate of drug-likeness (QED) is 0.538. The molecule has 0 fully saturated rings. The van der Waals surface area contributed by atoms with Gasteiger partial charge in [-0.2, -0.15) is 8.78 Å². The zero-order valence-corrected chi connectivity index (χ0v) is 14.4. The Kier molecular flexibility index (Phi) is 6.39. The number of terminal acetylenes is 1. The zero-order valence-electron chi connectivity index (χ0n) is 14.4. The van der Waals surface area contributed by atoms with Gasteiger partial charge in [0.05, 0.1) is 18.4 Å². The minimum Gasteiger partial charge on any atom is -0.493 e. The van der Waals surface area contributed by atoms with Crippen LogP contribution in [0.15, 0.2) is 48.5 Å². The van der Waals surface area contributed by atoms with Gasteiger partial charge in [0.2, 0.25) is 0 Å². The van der Waals surface area contributed by atoms with Crippen LogP contribution in [0.1, 0.15) is 15.9 Å². The Balaban J connectivity index is 2.19. The summed E-state index contributed by atoms with van der Waals surface area (Å²) in [6.45, 7) is 0.0521. The van der Waals surface area contributed by atoms with Crippen LogP contribution in [0.4, 0.5) is 14.5 Å². The van der Waals surface area contributed by atoms with E-state index in [1.165, 1.54) is 43.5 Å². The van der Waals surface area contributed by atoms with Gasteiger partial charge >= 0.3 is 12.0 Å². The van der Waals surface area contributed by atoms with E-state index >= 15 is 0 Å². The van der Waals surface area contributed by atoms with Crippen LogP contribution >= 0.6 is 0 Å². The third-order valence-corrected chi connectivity index (χ3v) is 3.44. The maximum Gasteiger partial charge on any atom is 0.343 e. The van der Waals surface area contributed by atoms with Crippen LogP contribution < -0.4 is 14.8 Å². The highest BCUT2D eigenvalue weighted by molar-refractivity contribution is 5.94. The fourth-order valence-corrected chi connectivity index (χ4v) is 2.23. The van der Waals surface area contributed by atoms with Crippen molar-refractivity contribution in [2.75, 3.05) is 19.0 Å². The van der Waals surface area contributed by atoms with Crippen LogP contribution in [0.5, 0.6) is 11.5 Å². The van der Waals surface area contributed by atoms with Crippen molar-refractivity contribution < 1.29 is 28.2 Å². The predicted molar refractivity (Wildman–Crippen MR) is 98.3 cm³/mol. The van der Waals surface area contributed by atoms with Gasteiger partial charge in [-0.1, -0.05) is 30.2 Å². The molecule has 5 nitrogen and oxygen atoms in total. The number of anilines is 1. The van der Waals surface area contributed by atoms with Crippen molar-refractivity contribution in [2.24, 2.45) is 0 Å². The number of ether oxygens (including phenoxy) is 2. The Labute approximate surface area is 155 Å². The van der Waals surface area contributed by atoms with Gasteiger partial charge in [0, 0.05) is 6.08 Å². The van der Waals surface area contributed by atoms with E-state index in [2.05, 4.69) is 5.92 Å². The van der Waals surface area contributed by atoms with Crippen molar-refractivity contribution in [3.63, 3.8) is 0 Å². The van der Waals surface area contributed by atoms with Crippen molar-refractivity contribution in [3.05, 3.63) is 59.7 Å². The summed E-state index contributed by atoms with van der Waals surface area (Å²) < 4.78 is 38.8. The first-order chi connectivity index (χ1) is 12.9. The highest BCUT2D eigenvalue weighted by atomic mass is 19.3. The lowest BCUT2D eigenvalue weighted by Gasteiger charge is -2.17. The summed E-state index contributed by atoms with van der Waals surface area (Å²) in [4.78, 5) is 11.1. The van der Waals surface area contributed by atoms with Crippen molar-refractivity contribution in [1.29, 1.82) is 0 Å². The molecule has 2 aromatic rings. The second-order valence-corrected chi connectivity index (χ2v) is 5.34. The summed E-state index contributed by atoms with van der Waals surface area (Å²) in [5.41, 5.74) is 0.00502. The number of hydrogen-bond donors (Lipinski definition) is 2. The van der Waals surface area contributed by atoms with E-state index in [-0.39, 0.29) is 17.9 Å². The van der Waals surface area contributed by atoms with E-state index in [0.717, 1.165) is 0 Å². The first-order valence-electron chi connectivity index (χ1n) is 7.78. The summed E-state index contributed by atoms with van der Waals surface area (Å²) in [6, 6.07) is 6.59. The van der Waals surface area contributed by atoms with E-state index in [9.17, 15) is 13.6 Å². The van der Waals surface area contributed by atoms with Gasteiger partial charge in [-0.05, 0) is 29.8 Å². The van der Waals surface area contributed by atoms with Crippen LogP contribution in [-0.4, -0.2) is 30.8 Å². The normalized spacial score (nSPS) is 11.0. The summed E-state index contributed by atoms with van der Waals surface area (Å²) in [5.74, 6) is 1.76. The number of halogens is 2. The van der Waals surface area contributed by atoms with Crippen LogP contribution in [0.2, 0.25) is 0 Å². The molecule has 0 aliphatic carbocycles. The number of rotatable bonds is 8. The number of carboxylic acids is 1.